The molecular weight excluding hydrogens is 425 g/mol. The van der Waals surface area contributed by atoms with E-state index in [0.29, 0.717) is 11.6 Å². The molecule has 0 unspecified atom stereocenters. The number of alkyl halides is 2. The Kier molecular flexibility index (Phi) is 7.43. The molecule has 0 saturated carbocycles. The Hall–Kier alpha value is -2.66. The lowest BCUT2D eigenvalue weighted by molar-refractivity contribution is -0.384. The normalized spacial score (nSPS) is 12.9. The van der Waals surface area contributed by atoms with Crippen LogP contribution < -0.4 is 4.90 Å². The van der Waals surface area contributed by atoms with Crippen molar-refractivity contribution in [1.82, 2.24) is 0 Å². The Bertz CT molecular complexity index is 998. The second-order valence-electron chi connectivity index (χ2n) is 7.08. The Labute approximate surface area is 171 Å². The monoisotopic (exact) mass is 446 g/mol. The Morgan fingerprint density at radius 1 is 1.10 bits per heavy atom. The molecule has 0 fully saturated rings. The van der Waals surface area contributed by atoms with Crippen LogP contribution in [0.2, 0.25) is 0 Å². The number of anilines is 1. The van der Waals surface area contributed by atoms with Gasteiger partial charge in [0.25, 0.3) is 5.69 Å². The molecule has 1 atom stereocenters. The molecule has 0 spiro atoms. The van der Waals surface area contributed by atoms with Crippen LogP contribution in [0.5, 0.6) is 0 Å². The summed E-state index contributed by atoms with van der Waals surface area (Å²) in [7, 11) is -5.01. The van der Waals surface area contributed by atoms with Gasteiger partial charge in [-0.1, -0.05) is 26.0 Å². The number of benzene rings is 2. The summed E-state index contributed by atoms with van der Waals surface area (Å²) in [6.45, 7) is 3.79. The number of rotatable bonds is 9. The Balaban J connectivity index is 2.47. The number of nitrogens with zero attached hydrogens (tertiary/aromatic N) is 2. The zero-order valence-electron chi connectivity index (χ0n) is 16.2. The van der Waals surface area contributed by atoms with Crippen LogP contribution in [0.1, 0.15) is 25.5 Å². The summed E-state index contributed by atoms with van der Waals surface area (Å²) in [5.74, 6) is -4.21. The number of aliphatic hydroxyl groups is 1. The molecule has 7 nitrogen and oxygen atoms in total. The number of nitro benzene ring substituents is 1. The molecule has 2 aromatic carbocycles. The minimum absolute atomic E-state index is 0.00510. The molecule has 0 bridgehead atoms. The maximum atomic E-state index is 13.1. The minimum Gasteiger partial charge on any atom is -0.387 e. The maximum absolute atomic E-state index is 13.1. The maximum Gasteiger partial charge on any atom is 0.341 e. The highest BCUT2D eigenvalue weighted by molar-refractivity contribution is 7.91. The zero-order valence-corrected chi connectivity index (χ0v) is 17.0. The van der Waals surface area contributed by atoms with Crippen LogP contribution in [0.4, 0.5) is 24.5 Å². The first-order chi connectivity index (χ1) is 13.9. The molecule has 11 heteroatoms. The molecule has 0 heterocycles. The lowest BCUT2D eigenvalue weighted by Gasteiger charge is -2.29. The van der Waals surface area contributed by atoms with Crippen molar-refractivity contribution in [3.63, 3.8) is 0 Å². The lowest BCUT2D eigenvalue weighted by atomic mass is 10.1. The molecule has 0 aliphatic carbocycles. The van der Waals surface area contributed by atoms with Crippen molar-refractivity contribution in [1.29, 1.82) is 0 Å². The van der Waals surface area contributed by atoms with Crippen molar-refractivity contribution in [2.45, 2.75) is 30.6 Å². The van der Waals surface area contributed by atoms with Gasteiger partial charge < -0.3 is 10.0 Å². The van der Waals surface area contributed by atoms with Gasteiger partial charge in [-0.15, -0.1) is 0 Å². The fourth-order valence-corrected chi connectivity index (χ4v) is 3.65. The summed E-state index contributed by atoms with van der Waals surface area (Å²) >= 11 is 0. The summed E-state index contributed by atoms with van der Waals surface area (Å²) in [6.07, 6.45) is -1.13. The predicted molar refractivity (Wildman–Crippen MR) is 105 cm³/mol. The first-order valence-electron chi connectivity index (χ1n) is 8.92. The molecule has 1 N–H and O–H groups in total. The lowest BCUT2D eigenvalue weighted by Crippen LogP contribution is -2.32. The number of hydrogen-bond acceptors (Lipinski definition) is 6. The first-order valence-corrected chi connectivity index (χ1v) is 10.5. The number of hydrogen-bond donors (Lipinski definition) is 1. The molecule has 0 saturated heterocycles. The highest BCUT2D eigenvalue weighted by Gasteiger charge is 2.31. The van der Waals surface area contributed by atoms with Gasteiger partial charge in [-0.3, -0.25) is 10.1 Å². The Morgan fingerprint density at radius 3 is 2.20 bits per heavy atom. The number of sulfone groups is 1. The molecular formula is C19H21F3N2O5S. The van der Waals surface area contributed by atoms with Crippen molar-refractivity contribution in [3.05, 3.63) is 64.0 Å². The van der Waals surface area contributed by atoms with Gasteiger partial charge in [-0.2, -0.15) is 8.78 Å². The van der Waals surface area contributed by atoms with Crippen LogP contribution in [-0.2, 0) is 9.84 Å². The van der Waals surface area contributed by atoms with E-state index in [9.17, 15) is 36.8 Å². The third-order valence-corrected chi connectivity index (χ3v) is 5.66. The van der Waals surface area contributed by atoms with Crippen LogP contribution >= 0.6 is 0 Å². The van der Waals surface area contributed by atoms with E-state index in [2.05, 4.69) is 0 Å². The van der Waals surface area contributed by atoms with Gasteiger partial charge in [0.1, 0.15) is 11.5 Å². The molecule has 0 aliphatic heterocycles. The average Bonchev–Trinajstić information content (AvgIpc) is 2.66. The van der Waals surface area contributed by atoms with E-state index in [1.807, 2.05) is 13.8 Å². The van der Waals surface area contributed by atoms with E-state index >= 15 is 0 Å². The van der Waals surface area contributed by atoms with E-state index in [-0.39, 0.29) is 24.7 Å². The third-order valence-electron chi connectivity index (χ3n) is 4.28. The van der Waals surface area contributed by atoms with Gasteiger partial charge in [0, 0.05) is 19.2 Å². The number of aliphatic hydroxyl groups excluding tert-OH is 1. The minimum atomic E-state index is -5.01. The largest absolute Gasteiger partial charge is 0.387 e. The molecule has 0 aliphatic rings. The second-order valence-corrected chi connectivity index (χ2v) is 9.00. The molecule has 0 aromatic heterocycles. The van der Waals surface area contributed by atoms with Gasteiger partial charge in [-0.05, 0) is 35.7 Å². The fraction of sp³-hybridized carbons (Fsp3) is 0.368. The highest BCUT2D eigenvalue weighted by Crippen LogP contribution is 2.34. The van der Waals surface area contributed by atoms with Crippen LogP contribution in [0.15, 0.2) is 47.4 Å². The van der Waals surface area contributed by atoms with Gasteiger partial charge in [0.15, 0.2) is 0 Å². The average molecular weight is 446 g/mol. The summed E-state index contributed by atoms with van der Waals surface area (Å²) in [4.78, 5) is 11.3. The van der Waals surface area contributed by atoms with Crippen molar-refractivity contribution >= 4 is 21.2 Å². The third kappa shape index (κ3) is 5.48. The van der Waals surface area contributed by atoms with Gasteiger partial charge in [0.2, 0.25) is 9.84 Å². The number of nitro groups is 1. The van der Waals surface area contributed by atoms with Crippen LogP contribution in [0, 0.1) is 21.8 Å². The predicted octanol–water partition coefficient (Wildman–Crippen LogP) is 3.93. The van der Waals surface area contributed by atoms with Crippen LogP contribution in [-0.4, -0.2) is 37.3 Å². The van der Waals surface area contributed by atoms with Crippen molar-refractivity contribution in [2.75, 3.05) is 18.0 Å². The quantitative estimate of drug-likeness (QED) is 0.463. The van der Waals surface area contributed by atoms with Crippen LogP contribution in [0.3, 0.4) is 0 Å². The summed E-state index contributed by atoms with van der Waals surface area (Å²) < 4.78 is 62.2. The summed E-state index contributed by atoms with van der Waals surface area (Å²) in [5.41, 5.74) is -0.323. The topological polar surface area (TPSA) is 101 Å². The standard InChI is InChI=1S/C19H21F3N2O5S/c1-12(2)10-23(11-18(25)13-3-5-14(20)6-4-13)16-8-7-15(9-17(16)24(26)27)30(28,29)19(21)22/h3-9,12,18-19,25H,10-11H2,1-2H3/t18-/m1/s1. The Morgan fingerprint density at radius 2 is 1.70 bits per heavy atom. The van der Waals surface area contributed by atoms with Crippen LogP contribution in [0.25, 0.3) is 0 Å². The summed E-state index contributed by atoms with van der Waals surface area (Å²) in [6, 6.07) is 7.62. The zero-order chi connectivity index (χ0) is 22.6. The smallest absolute Gasteiger partial charge is 0.341 e. The van der Waals surface area contributed by atoms with E-state index in [1.54, 1.807) is 0 Å². The molecule has 30 heavy (non-hydrogen) atoms. The summed E-state index contributed by atoms with van der Waals surface area (Å²) in [5, 5.41) is 22.1. The van der Waals surface area contributed by atoms with E-state index < -0.39 is 43.0 Å². The van der Waals surface area contributed by atoms with Crippen molar-refractivity contribution in [3.8, 4) is 0 Å². The van der Waals surface area contributed by atoms with Crippen molar-refractivity contribution < 1.29 is 31.6 Å². The molecule has 0 radical (unpaired) electrons. The van der Waals surface area contributed by atoms with E-state index in [4.69, 9.17) is 0 Å². The van der Waals surface area contributed by atoms with E-state index in [1.165, 1.54) is 17.0 Å². The van der Waals surface area contributed by atoms with E-state index in [0.717, 1.165) is 24.3 Å². The molecule has 2 aromatic rings. The molecule has 2 rings (SSSR count). The SMILES string of the molecule is CC(C)CN(C[C@@H](O)c1ccc(F)cc1)c1ccc(S(=O)(=O)C(F)F)cc1[N+](=O)[O-]. The molecule has 0 amide bonds. The second kappa shape index (κ2) is 9.43. The molecule has 164 valence electrons. The van der Waals surface area contributed by atoms with Gasteiger partial charge in [-0.25, -0.2) is 12.8 Å². The number of halogens is 3. The fourth-order valence-electron chi connectivity index (χ4n) is 2.91. The first kappa shape index (κ1) is 23.6. The van der Waals surface area contributed by atoms with Crippen molar-refractivity contribution in [2.24, 2.45) is 5.92 Å². The van der Waals surface area contributed by atoms with Gasteiger partial charge in [0.05, 0.1) is 15.9 Å². The highest BCUT2D eigenvalue weighted by atomic mass is 32.2. The van der Waals surface area contributed by atoms with Gasteiger partial charge >= 0.3 is 5.76 Å².